The molecule has 2 heterocycles. The van der Waals surface area contributed by atoms with Gasteiger partial charge in [0.2, 0.25) is 0 Å². The van der Waals surface area contributed by atoms with E-state index in [1.54, 1.807) is 28.5 Å². The molecule has 6 heteroatoms. The van der Waals surface area contributed by atoms with Gasteiger partial charge in [-0.1, -0.05) is 0 Å². The Bertz CT molecular complexity index is 612. The van der Waals surface area contributed by atoms with Gasteiger partial charge in [-0.15, -0.1) is 11.3 Å². The Hall–Kier alpha value is -1.40. The number of rotatable bonds is 4. The molecule has 106 valence electrons. The van der Waals surface area contributed by atoms with E-state index in [2.05, 4.69) is 20.9 Å². The quantitative estimate of drug-likeness (QED) is 0.846. The van der Waals surface area contributed by atoms with E-state index in [0.717, 1.165) is 8.66 Å². The monoisotopic (exact) mass is 353 g/mol. The highest BCUT2D eigenvalue weighted by atomic mass is 79.9. The second-order valence-corrected chi connectivity index (χ2v) is 7.18. The minimum atomic E-state index is -0.0219. The molecule has 0 aliphatic heterocycles. The van der Waals surface area contributed by atoms with Crippen LogP contribution in [0, 0.1) is 0 Å². The van der Waals surface area contributed by atoms with Crippen LogP contribution in [0.4, 0.5) is 5.82 Å². The van der Waals surface area contributed by atoms with Crippen molar-refractivity contribution in [3.63, 3.8) is 0 Å². The van der Waals surface area contributed by atoms with Crippen molar-refractivity contribution in [1.29, 1.82) is 0 Å². The van der Waals surface area contributed by atoms with Crippen LogP contribution in [-0.4, -0.2) is 36.9 Å². The summed E-state index contributed by atoms with van der Waals surface area (Å²) in [6.07, 6.45) is 1.70. The maximum atomic E-state index is 12.5. The van der Waals surface area contributed by atoms with Crippen molar-refractivity contribution in [3.05, 3.63) is 44.7 Å². The van der Waals surface area contributed by atoms with Gasteiger partial charge < -0.3 is 9.80 Å². The first-order valence-electron chi connectivity index (χ1n) is 6.11. The lowest BCUT2D eigenvalue weighted by atomic mass is 10.2. The van der Waals surface area contributed by atoms with E-state index in [1.807, 2.05) is 44.2 Å². The molecule has 2 aromatic rings. The summed E-state index contributed by atoms with van der Waals surface area (Å²) in [6.45, 7) is 0.594. The molecule has 1 amide bonds. The van der Waals surface area contributed by atoms with Crippen LogP contribution in [0.25, 0.3) is 0 Å². The molecule has 0 N–H and O–H groups in total. The Morgan fingerprint density at radius 2 is 2.05 bits per heavy atom. The summed E-state index contributed by atoms with van der Waals surface area (Å²) in [5, 5.41) is 0. The lowest BCUT2D eigenvalue weighted by Gasteiger charge is -2.20. The molecule has 2 aromatic heterocycles. The first-order chi connectivity index (χ1) is 9.49. The van der Waals surface area contributed by atoms with E-state index >= 15 is 0 Å². The zero-order valence-corrected chi connectivity index (χ0v) is 14.0. The van der Waals surface area contributed by atoms with E-state index in [-0.39, 0.29) is 5.91 Å². The average molecular weight is 354 g/mol. The predicted octanol–water partition coefficient (Wildman–Crippen LogP) is 3.24. The van der Waals surface area contributed by atoms with Crippen molar-refractivity contribution in [2.45, 2.75) is 6.54 Å². The second-order valence-electron chi connectivity index (χ2n) is 4.64. The molecule has 0 atom stereocenters. The summed E-state index contributed by atoms with van der Waals surface area (Å²) < 4.78 is 1.07. The van der Waals surface area contributed by atoms with Crippen LogP contribution >= 0.6 is 27.3 Å². The van der Waals surface area contributed by atoms with Crippen molar-refractivity contribution < 1.29 is 4.79 Å². The number of hydrogen-bond donors (Lipinski definition) is 0. The molecule has 0 spiro atoms. The highest BCUT2D eigenvalue weighted by Crippen LogP contribution is 2.24. The number of pyridine rings is 1. The third-order valence-corrected chi connectivity index (χ3v) is 4.42. The minimum Gasteiger partial charge on any atom is -0.362 e. The van der Waals surface area contributed by atoms with Gasteiger partial charge in [0.1, 0.15) is 5.82 Å². The number of thiophene rings is 1. The Morgan fingerprint density at radius 1 is 1.30 bits per heavy atom. The topological polar surface area (TPSA) is 36.4 Å². The van der Waals surface area contributed by atoms with Crippen molar-refractivity contribution in [1.82, 2.24) is 9.88 Å². The number of amides is 1. The number of aromatic nitrogens is 1. The summed E-state index contributed by atoms with van der Waals surface area (Å²) in [7, 11) is 5.58. The van der Waals surface area contributed by atoms with Crippen molar-refractivity contribution in [2.24, 2.45) is 0 Å². The molecule has 0 radical (unpaired) electrons. The molecule has 0 bridgehead atoms. The fourth-order valence-electron chi connectivity index (χ4n) is 1.87. The Balaban J connectivity index is 2.18. The van der Waals surface area contributed by atoms with E-state index in [4.69, 9.17) is 0 Å². The second kappa shape index (κ2) is 6.37. The average Bonchev–Trinajstić information content (AvgIpc) is 2.83. The molecule has 0 aliphatic rings. The van der Waals surface area contributed by atoms with Gasteiger partial charge >= 0.3 is 0 Å². The number of halogens is 1. The van der Waals surface area contributed by atoms with Gasteiger partial charge in [-0.3, -0.25) is 4.79 Å². The molecule has 0 unspecified atom stereocenters. The van der Waals surface area contributed by atoms with Gasteiger partial charge in [0.25, 0.3) is 5.91 Å². The lowest BCUT2D eigenvalue weighted by Crippen LogP contribution is -2.28. The molecule has 0 saturated carbocycles. The van der Waals surface area contributed by atoms with Gasteiger partial charge in [0.15, 0.2) is 0 Å². The van der Waals surface area contributed by atoms with Gasteiger partial charge in [-0.2, -0.15) is 0 Å². The minimum absolute atomic E-state index is 0.0219. The zero-order valence-electron chi connectivity index (χ0n) is 11.6. The van der Waals surface area contributed by atoms with E-state index in [9.17, 15) is 4.79 Å². The molecule has 2 rings (SSSR count). The van der Waals surface area contributed by atoms with Gasteiger partial charge in [0.05, 0.1) is 15.9 Å². The summed E-state index contributed by atoms with van der Waals surface area (Å²) in [6, 6.07) is 7.61. The summed E-state index contributed by atoms with van der Waals surface area (Å²) in [5.74, 6) is 0.669. The molecule has 0 fully saturated rings. The predicted molar refractivity (Wildman–Crippen MR) is 86.4 cm³/mol. The van der Waals surface area contributed by atoms with Crippen molar-refractivity contribution in [3.8, 4) is 0 Å². The number of carbonyl (C=O) groups is 1. The van der Waals surface area contributed by atoms with Crippen molar-refractivity contribution >= 4 is 39.0 Å². The van der Waals surface area contributed by atoms with Crippen LogP contribution in [0.15, 0.2) is 34.2 Å². The molecule has 20 heavy (non-hydrogen) atoms. The number of nitrogens with zero attached hydrogens (tertiary/aromatic N) is 3. The van der Waals surface area contributed by atoms with E-state index < -0.39 is 0 Å². The van der Waals surface area contributed by atoms with E-state index in [1.165, 1.54) is 0 Å². The zero-order chi connectivity index (χ0) is 14.7. The van der Waals surface area contributed by atoms with Gasteiger partial charge in [0, 0.05) is 32.2 Å². The summed E-state index contributed by atoms with van der Waals surface area (Å²) >= 11 is 5.07. The summed E-state index contributed by atoms with van der Waals surface area (Å²) in [5.41, 5.74) is 0.621. The summed E-state index contributed by atoms with van der Waals surface area (Å²) in [4.78, 5) is 21.5. The van der Waals surface area contributed by atoms with Crippen LogP contribution in [-0.2, 0) is 6.54 Å². The van der Waals surface area contributed by atoms with E-state index in [0.29, 0.717) is 17.9 Å². The SMILES string of the molecule is CN(Cc1ccc(Br)s1)C(=O)c1cccnc1N(C)C. The third kappa shape index (κ3) is 3.37. The number of anilines is 1. The fourth-order valence-corrected chi connectivity index (χ4v) is 3.40. The fraction of sp³-hybridized carbons (Fsp3) is 0.286. The molecular formula is C14H16BrN3OS. The molecule has 0 saturated heterocycles. The third-order valence-electron chi connectivity index (χ3n) is 2.81. The standard InChI is InChI=1S/C14H16BrN3OS/c1-17(2)13-11(5-4-8-16-13)14(19)18(3)9-10-6-7-12(15)20-10/h4-8H,9H2,1-3H3. The van der Waals surface area contributed by atoms with Crippen LogP contribution < -0.4 is 4.90 Å². The largest absolute Gasteiger partial charge is 0.362 e. The van der Waals surface area contributed by atoms with Gasteiger partial charge in [-0.25, -0.2) is 4.98 Å². The van der Waals surface area contributed by atoms with Crippen LogP contribution in [0.1, 0.15) is 15.2 Å². The Kier molecular flexibility index (Phi) is 4.77. The van der Waals surface area contributed by atoms with Gasteiger partial charge in [-0.05, 0) is 40.2 Å². The maximum absolute atomic E-state index is 12.5. The van der Waals surface area contributed by atoms with Crippen LogP contribution in [0.5, 0.6) is 0 Å². The highest BCUT2D eigenvalue weighted by molar-refractivity contribution is 9.11. The highest BCUT2D eigenvalue weighted by Gasteiger charge is 2.18. The first-order valence-corrected chi connectivity index (χ1v) is 7.72. The van der Waals surface area contributed by atoms with Crippen LogP contribution in [0.2, 0.25) is 0 Å². The Labute approximate surface area is 131 Å². The normalized spacial score (nSPS) is 10.4. The molecular weight excluding hydrogens is 338 g/mol. The number of carbonyl (C=O) groups excluding carboxylic acids is 1. The first kappa shape index (κ1) is 15.0. The molecule has 4 nitrogen and oxygen atoms in total. The lowest BCUT2D eigenvalue weighted by molar-refractivity contribution is 0.0787. The van der Waals surface area contributed by atoms with Crippen molar-refractivity contribution in [2.75, 3.05) is 26.0 Å². The smallest absolute Gasteiger partial charge is 0.257 e. The Morgan fingerprint density at radius 3 is 2.65 bits per heavy atom. The molecule has 0 aliphatic carbocycles. The van der Waals surface area contributed by atoms with Crippen LogP contribution in [0.3, 0.4) is 0 Å². The maximum Gasteiger partial charge on any atom is 0.257 e. The number of hydrogen-bond acceptors (Lipinski definition) is 4. The molecule has 0 aromatic carbocycles.